The number of benzene rings is 2. The molecule has 3 aromatic rings. The molecule has 3 fully saturated rings. The number of amides is 4. The molecule has 1 aromatic heterocycles. The van der Waals surface area contributed by atoms with Gasteiger partial charge in [-0.3, -0.25) is 24.2 Å². The summed E-state index contributed by atoms with van der Waals surface area (Å²) in [6, 6.07) is 10.7. The molecule has 4 heterocycles. The Morgan fingerprint density at radius 3 is 2.62 bits per heavy atom. The number of carbonyl (C=O) groups excluding carboxylic acids is 4. The zero-order valence-electron chi connectivity index (χ0n) is 28.3. The molecule has 0 radical (unpaired) electrons. The van der Waals surface area contributed by atoms with Gasteiger partial charge in [-0.05, 0) is 69.2 Å². The van der Waals surface area contributed by atoms with Crippen molar-refractivity contribution in [3.8, 4) is 11.5 Å². The van der Waals surface area contributed by atoms with Gasteiger partial charge in [-0.2, -0.15) is 11.8 Å². The summed E-state index contributed by atoms with van der Waals surface area (Å²) in [6.45, 7) is 2.47. The van der Waals surface area contributed by atoms with Crippen molar-refractivity contribution in [1.82, 2.24) is 15.1 Å². The van der Waals surface area contributed by atoms with Crippen molar-refractivity contribution in [3.05, 3.63) is 47.7 Å². The lowest BCUT2D eigenvalue weighted by Gasteiger charge is -2.28. The van der Waals surface area contributed by atoms with E-state index in [4.69, 9.17) is 13.9 Å². The van der Waals surface area contributed by atoms with Crippen LogP contribution in [0.1, 0.15) is 72.3 Å². The maximum atomic E-state index is 13.1. The van der Waals surface area contributed by atoms with E-state index < -0.39 is 0 Å². The highest BCUT2D eigenvalue weighted by Crippen LogP contribution is 2.38. The summed E-state index contributed by atoms with van der Waals surface area (Å²) in [5.41, 5.74) is 2.27. The molecule has 4 amide bonds. The van der Waals surface area contributed by atoms with Crippen molar-refractivity contribution in [1.29, 1.82) is 0 Å². The van der Waals surface area contributed by atoms with E-state index in [1.807, 2.05) is 39.9 Å². The Hall–Kier alpha value is -4.52. The summed E-state index contributed by atoms with van der Waals surface area (Å²) in [7, 11) is 1.54. The number of thioether (sulfide) groups is 1. The second-order valence-electron chi connectivity index (χ2n) is 13.3. The topological polar surface area (TPSA) is 143 Å². The minimum Gasteiger partial charge on any atom is -0.493 e. The number of ether oxygens (including phenoxy) is 2. The zero-order chi connectivity index (χ0) is 34.6. The molecular weight excluding hydrogens is 659 g/mol. The average molecular weight is 702 g/mol. The molecule has 12 nitrogen and oxygen atoms in total. The fourth-order valence-electron chi connectivity index (χ4n) is 7.22. The molecule has 7 rings (SSSR count). The molecule has 50 heavy (non-hydrogen) atoms. The minimum atomic E-state index is -0.148. The minimum absolute atomic E-state index is 0.0247. The van der Waals surface area contributed by atoms with Crippen LogP contribution in [0.25, 0.3) is 11.0 Å². The standard InChI is InChI=1S/C37H43N5O7S/c1-47-31-20-28-29(38-22-27-4-2-12-42(27)36(28)45)21-32(31)48-15-3-5-34(43)39-25-9-6-23(7-10-25)35(44)40-26-11-8-24-18-33(49-30(24)19-26)37(46)41-13-16-50-17-14-41/h8,11,18-23,25,27H,2-7,9-10,12-17H2,1H3,(H,39,43)(H,40,44)/t23-,25-,27-/m0/s1. The van der Waals surface area contributed by atoms with Crippen molar-refractivity contribution in [2.24, 2.45) is 10.9 Å². The number of aliphatic imine (C=N–C) groups is 1. The van der Waals surface area contributed by atoms with E-state index in [1.54, 1.807) is 31.4 Å². The Morgan fingerprint density at radius 1 is 1.00 bits per heavy atom. The number of anilines is 1. The number of furan rings is 1. The second kappa shape index (κ2) is 15.2. The Kier molecular flexibility index (Phi) is 10.3. The number of carbonyl (C=O) groups is 4. The van der Waals surface area contributed by atoms with Gasteiger partial charge in [0.15, 0.2) is 17.3 Å². The van der Waals surface area contributed by atoms with Gasteiger partial charge in [0, 0.05) is 78.9 Å². The highest BCUT2D eigenvalue weighted by Gasteiger charge is 2.33. The van der Waals surface area contributed by atoms with Crippen LogP contribution in [0, 0.1) is 5.92 Å². The number of fused-ring (bicyclic) bond motifs is 3. The summed E-state index contributed by atoms with van der Waals surface area (Å²) in [4.78, 5) is 60.0. The largest absolute Gasteiger partial charge is 0.493 e. The Bertz CT molecular complexity index is 1790. The monoisotopic (exact) mass is 701 g/mol. The number of rotatable bonds is 10. The van der Waals surface area contributed by atoms with Crippen molar-refractivity contribution in [2.45, 2.75) is 63.5 Å². The molecule has 2 saturated heterocycles. The lowest BCUT2D eigenvalue weighted by Crippen LogP contribution is -2.39. The van der Waals surface area contributed by atoms with E-state index in [0.29, 0.717) is 72.1 Å². The predicted octanol–water partition coefficient (Wildman–Crippen LogP) is 5.42. The van der Waals surface area contributed by atoms with E-state index in [-0.39, 0.29) is 41.6 Å². The second-order valence-corrected chi connectivity index (χ2v) is 14.6. The van der Waals surface area contributed by atoms with Crippen LogP contribution in [0.15, 0.2) is 45.8 Å². The summed E-state index contributed by atoms with van der Waals surface area (Å²) in [5, 5.41) is 6.96. The lowest BCUT2D eigenvalue weighted by atomic mass is 9.85. The summed E-state index contributed by atoms with van der Waals surface area (Å²) in [6.07, 6.45) is 7.35. The first-order valence-electron chi connectivity index (χ1n) is 17.6. The van der Waals surface area contributed by atoms with Crippen molar-refractivity contribution < 1.29 is 33.1 Å². The maximum Gasteiger partial charge on any atom is 0.289 e. The van der Waals surface area contributed by atoms with Crippen LogP contribution in [0.2, 0.25) is 0 Å². The Morgan fingerprint density at radius 2 is 1.82 bits per heavy atom. The third-order valence-electron chi connectivity index (χ3n) is 10.0. The maximum absolute atomic E-state index is 13.1. The van der Waals surface area contributed by atoms with Gasteiger partial charge in [0.2, 0.25) is 11.8 Å². The van der Waals surface area contributed by atoms with E-state index in [2.05, 4.69) is 15.6 Å². The quantitative estimate of drug-likeness (QED) is 0.267. The molecule has 2 aromatic carbocycles. The summed E-state index contributed by atoms with van der Waals surface area (Å²) < 4.78 is 17.4. The van der Waals surface area contributed by atoms with Gasteiger partial charge in [-0.15, -0.1) is 0 Å². The molecule has 1 atom stereocenters. The molecule has 3 aliphatic heterocycles. The van der Waals surface area contributed by atoms with Gasteiger partial charge < -0.3 is 34.3 Å². The predicted molar refractivity (Wildman–Crippen MR) is 192 cm³/mol. The van der Waals surface area contributed by atoms with Crippen LogP contribution in [0.4, 0.5) is 11.4 Å². The van der Waals surface area contributed by atoms with Crippen LogP contribution < -0.4 is 20.1 Å². The highest BCUT2D eigenvalue weighted by atomic mass is 32.2. The molecule has 0 spiro atoms. The molecule has 0 bridgehead atoms. The fourth-order valence-corrected chi connectivity index (χ4v) is 8.12. The number of nitrogens with zero attached hydrogens (tertiary/aromatic N) is 3. The molecule has 2 N–H and O–H groups in total. The van der Waals surface area contributed by atoms with E-state index in [9.17, 15) is 19.2 Å². The zero-order valence-corrected chi connectivity index (χ0v) is 29.1. The highest BCUT2D eigenvalue weighted by molar-refractivity contribution is 7.99. The van der Waals surface area contributed by atoms with Crippen molar-refractivity contribution >= 4 is 63.9 Å². The number of hydrogen-bond acceptors (Lipinski definition) is 9. The normalized spacial score (nSPS) is 21.7. The average Bonchev–Trinajstić information content (AvgIpc) is 3.77. The molecule has 13 heteroatoms. The molecule has 0 unspecified atom stereocenters. The number of nitrogens with one attached hydrogen (secondary N) is 2. The van der Waals surface area contributed by atoms with Crippen LogP contribution in [0.5, 0.6) is 11.5 Å². The van der Waals surface area contributed by atoms with Crippen LogP contribution in [-0.2, 0) is 9.59 Å². The van der Waals surface area contributed by atoms with Gasteiger partial charge in [0.1, 0.15) is 5.58 Å². The van der Waals surface area contributed by atoms with Crippen molar-refractivity contribution in [3.63, 3.8) is 0 Å². The molecule has 4 aliphatic rings. The molecule has 1 saturated carbocycles. The summed E-state index contributed by atoms with van der Waals surface area (Å²) in [5.74, 6) is 2.75. The summed E-state index contributed by atoms with van der Waals surface area (Å²) >= 11 is 1.85. The Balaban J connectivity index is 0.841. The Labute approximate surface area is 295 Å². The van der Waals surface area contributed by atoms with Crippen LogP contribution >= 0.6 is 11.8 Å². The van der Waals surface area contributed by atoms with Crippen molar-refractivity contribution in [2.75, 3.05) is 50.2 Å². The molecule has 1 aliphatic carbocycles. The van der Waals surface area contributed by atoms with Gasteiger partial charge >= 0.3 is 0 Å². The number of hydrogen-bond donors (Lipinski definition) is 2. The SMILES string of the molecule is COc1cc2c(cc1OCCCC(=O)N[C@H]1CC[C@H](C(=O)Nc3ccc4cc(C(=O)N5CCSCC5)oc4c3)CC1)N=C[C@@H]1CCCN1C2=O. The first kappa shape index (κ1) is 34.0. The molecule has 264 valence electrons. The first-order valence-corrected chi connectivity index (χ1v) is 18.7. The van der Waals surface area contributed by atoms with Crippen LogP contribution in [0.3, 0.4) is 0 Å². The lowest BCUT2D eigenvalue weighted by molar-refractivity contribution is -0.122. The van der Waals surface area contributed by atoms with Crippen LogP contribution in [-0.4, -0.2) is 96.6 Å². The molecular formula is C37H43N5O7S. The van der Waals surface area contributed by atoms with E-state index >= 15 is 0 Å². The van der Waals surface area contributed by atoms with Gasteiger partial charge in [-0.25, -0.2) is 0 Å². The third-order valence-corrected chi connectivity index (χ3v) is 11.0. The smallest absolute Gasteiger partial charge is 0.289 e. The number of methoxy groups -OCH3 is 1. The van der Waals surface area contributed by atoms with E-state index in [0.717, 1.165) is 62.2 Å². The van der Waals surface area contributed by atoms with Gasteiger partial charge in [-0.1, -0.05) is 0 Å². The first-order chi connectivity index (χ1) is 24.4. The van der Waals surface area contributed by atoms with Gasteiger partial charge in [0.05, 0.1) is 31.0 Å². The fraction of sp³-hybridized carbons (Fsp3) is 0.486. The van der Waals surface area contributed by atoms with E-state index in [1.165, 1.54) is 0 Å². The van der Waals surface area contributed by atoms with Gasteiger partial charge in [0.25, 0.3) is 11.8 Å². The third kappa shape index (κ3) is 7.47.